The fourth-order valence-electron chi connectivity index (χ4n) is 3.70. The molecule has 6 nitrogen and oxygen atoms in total. The van der Waals surface area contributed by atoms with Gasteiger partial charge in [-0.25, -0.2) is 10.4 Å². The van der Waals surface area contributed by atoms with Crippen LogP contribution in [-0.4, -0.2) is 17.1 Å². The molecule has 1 amide bonds. The Morgan fingerprint density at radius 1 is 0.975 bits per heavy atom. The number of amides is 1. The van der Waals surface area contributed by atoms with Crippen LogP contribution in [-0.2, 0) is 6.61 Å². The second kappa shape index (κ2) is 12.8. The van der Waals surface area contributed by atoms with E-state index in [-0.39, 0.29) is 5.91 Å². The standard InChI is InChI=1S/C31H24Cl2N4O2S/c1-20-2-4-21(5-3-20)18-39-29-15-6-22(16-27(29)33)17-34-37-30(38)24-9-7-23(8-10-24)28-19-40-31(36-28)35-26-13-11-25(32)12-14-26/h2-17,19H,18H2,1H3,(H,35,36)(H,37,38)/b34-17-. The van der Waals surface area contributed by atoms with Crippen molar-refractivity contribution in [2.24, 2.45) is 5.10 Å². The van der Waals surface area contributed by atoms with Crippen LogP contribution in [0.2, 0.25) is 10.0 Å². The van der Waals surface area contributed by atoms with Crippen LogP contribution in [0.3, 0.4) is 0 Å². The number of thiazole rings is 1. The lowest BCUT2D eigenvalue weighted by Gasteiger charge is -2.09. The molecule has 9 heteroatoms. The van der Waals surface area contributed by atoms with E-state index in [1.54, 1.807) is 24.3 Å². The first-order valence-corrected chi connectivity index (χ1v) is 14.0. The number of hydrogen-bond donors (Lipinski definition) is 2. The van der Waals surface area contributed by atoms with E-state index in [1.165, 1.54) is 23.1 Å². The molecule has 0 saturated heterocycles. The summed E-state index contributed by atoms with van der Waals surface area (Å²) in [6.07, 6.45) is 1.53. The van der Waals surface area contributed by atoms with Crippen molar-refractivity contribution < 1.29 is 9.53 Å². The Morgan fingerprint density at radius 2 is 1.73 bits per heavy atom. The number of hydrogen-bond acceptors (Lipinski definition) is 6. The third kappa shape index (κ3) is 7.27. The molecule has 0 aliphatic heterocycles. The van der Waals surface area contributed by atoms with Gasteiger partial charge in [-0.3, -0.25) is 4.79 Å². The SMILES string of the molecule is Cc1ccc(COc2ccc(/C=N\NC(=O)c3ccc(-c4csc(Nc5ccc(Cl)cc5)n4)cc3)cc2Cl)cc1. The first-order chi connectivity index (χ1) is 19.4. The van der Waals surface area contributed by atoms with Crippen LogP contribution in [0.4, 0.5) is 10.8 Å². The molecule has 5 aromatic rings. The Kier molecular flexibility index (Phi) is 8.76. The molecule has 1 heterocycles. The molecule has 4 aromatic carbocycles. The first kappa shape index (κ1) is 27.4. The molecule has 200 valence electrons. The van der Waals surface area contributed by atoms with Gasteiger partial charge in [0.15, 0.2) is 5.13 Å². The third-order valence-electron chi connectivity index (χ3n) is 5.89. The summed E-state index contributed by atoms with van der Waals surface area (Å²) in [7, 11) is 0. The molecule has 2 N–H and O–H groups in total. The van der Waals surface area contributed by atoms with Crippen molar-refractivity contribution in [3.8, 4) is 17.0 Å². The van der Waals surface area contributed by atoms with Gasteiger partial charge >= 0.3 is 0 Å². The van der Waals surface area contributed by atoms with Crippen molar-refractivity contribution in [3.05, 3.63) is 129 Å². The molecular formula is C31H24Cl2N4O2S. The van der Waals surface area contributed by atoms with Gasteiger partial charge in [0.1, 0.15) is 12.4 Å². The monoisotopic (exact) mass is 586 g/mol. The maximum Gasteiger partial charge on any atom is 0.271 e. The van der Waals surface area contributed by atoms with Crippen LogP contribution in [0.1, 0.15) is 27.0 Å². The van der Waals surface area contributed by atoms with Gasteiger partial charge in [-0.1, -0.05) is 65.2 Å². The average Bonchev–Trinajstić information content (AvgIpc) is 3.43. The zero-order valence-electron chi connectivity index (χ0n) is 21.4. The van der Waals surface area contributed by atoms with Gasteiger partial charge < -0.3 is 10.1 Å². The fourth-order valence-corrected chi connectivity index (χ4v) is 4.81. The van der Waals surface area contributed by atoms with E-state index in [4.69, 9.17) is 27.9 Å². The summed E-state index contributed by atoms with van der Waals surface area (Å²) < 4.78 is 5.83. The third-order valence-corrected chi connectivity index (χ3v) is 7.20. The summed E-state index contributed by atoms with van der Waals surface area (Å²) in [5.74, 6) is 0.256. The number of anilines is 2. The number of carbonyl (C=O) groups excluding carboxylic acids is 1. The maximum atomic E-state index is 12.6. The van der Waals surface area contributed by atoms with Gasteiger partial charge in [-0.15, -0.1) is 11.3 Å². The molecule has 0 aliphatic rings. The van der Waals surface area contributed by atoms with E-state index in [2.05, 4.69) is 20.8 Å². The van der Waals surface area contributed by atoms with E-state index in [0.29, 0.717) is 28.0 Å². The number of ether oxygens (including phenoxy) is 1. The largest absolute Gasteiger partial charge is 0.487 e. The quantitative estimate of drug-likeness (QED) is 0.134. The summed E-state index contributed by atoms with van der Waals surface area (Å²) >= 11 is 13.8. The second-order valence-corrected chi connectivity index (χ2v) is 10.6. The van der Waals surface area contributed by atoms with Crippen LogP contribution >= 0.6 is 34.5 Å². The predicted octanol–water partition coefficient (Wildman–Crippen LogP) is 8.51. The van der Waals surface area contributed by atoms with Gasteiger partial charge in [0, 0.05) is 27.2 Å². The molecule has 0 fully saturated rings. The number of nitrogens with zero attached hydrogens (tertiary/aromatic N) is 2. The lowest BCUT2D eigenvalue weighted by atomic mass is 10.1. The van der Waals surface area contributed by atoms with Crippen molar-refractivity contribution in [2.45, 2.75) is 13.5 Å². The topological polar surface area (TPSA) is 75.6 Å². The second-order valence-electron chi connectivity index (χ2n) is 8.91. The van der Waals surface area contributed by atoms with Crippen molar-refractivity contribution in [3.63, 3.8) is 0 Å². The molecule has 0 radical (unpaired) electrons. The average molecular weight is 588 g/mol. The lowest BCUT2D eigenvalue weighted by Crippen LogP contribution is -2.17. The number of benzene rings is 4. The molecule has 0 bridgehead atoms. The highest BCUT2D eigenvalue weighted by Gasteiger charge is 2.09. The fraction of sp³-hybridized carbons (Fsp3) is 0.0645. The molecule has 5 rings (SSSR count). The van der Waals surface area contributed by atoms with Crippen LogP contribution in [0.25, 0.3) is 11.3 Å². The van der Waals surface area contributed by atoms with Gasteiger partial charge in [-0.05, 0) is 72.6 Å². The van der Waals surface area contributed by atoms with Crippen molar-refractivity contribution in [1.82, 2.24) is 10.4 Å². The van der Waals surface area contributed by atoms with Gasteiger partial charge in [0.25, 0.3) is 5.91 Å². The highest BCUT2D eigenvalue weighted by molar-refractivity contribution is 7.14. The Bertz CT molecular complexity index is 1630. The van der Waals surface area contributed by atoms with Crippen molar-refractivity contribution in [2.75, 3.05) is 5.32 Å². The number of halogens is 2. The number of nitrogens with one attached hydrogen (secondary N) is 2. The number of aromatic nitrogens is 1. The van der Waals surface area contributed by atoms with Gasteiger partial charge in [0.2, 0.25) is 0 Å². The molecular weight excluding hydrogens is 563 g/mol. The minimum atomic E-state index is -0.324. The zero-order chi connectivity index (χ0) is 27.9. The zero-order valence-corrected chi connectivity index (χ0v) is 23.7. The molecule has 40 heavy (non-hydrogen) atoms. The Labute approximate surface area is 246 Å². The smallest absolute Gasteiger partial charge is 0.271 e. The maximum absolute atomic E-state index is 12.6. The molecule has 0 aliphatic carbocycles. The minimum absolute atomic E-state index is 0.324. The summed E-state index contributed by atoms with van der Waals surface area (Å²) in [5.41, 5.74) is 8.64. The lowest BCUT2D eigenvalue weighted by molar-refractivity contribution is 0.0955. The summed E-state index contributed by atoms with van der Waals surface area (Å²) in [6, 6.07) is 28.1. The van der Waals surface area contributed by atoms with E-state index in [0.717, 1.165) is 33.2 Å². The molecule has 1 aromatic heterocycles. The first-order valence-electron chi connectivity index (χ1n) is 12.3. The number of rotatable bonds is 9. The van der Waals surface area contributed by atoms with Gasteiger partial charge in [0.05, 0.1) is 16.9 Å². The van der Waals surface area contributed by atoms with Crippen LogP contribution < -0.4 is 15.5 Å². The van der Waals surface area contributed by atoms with E-state index in [1.807, 2.05) is 79.0 Å². The van der Waals surface area contributed by atoms with Gasteiger partial charge in [-0.2, -0.15) is 5.10 Å². The molecule has 0 saturated carbocycles. The summed E-state index contributed by atoms with van der Waals surface area (Å²) in [4.78, 5) is 17.2. The Hall–Kier alpha value is -4.17. The van der Waals surface area contributed by atoms with Crippen molar-refractivity contribution >= 4 is 57.5 Å². The van der Waals surface area contributed by atoms with Crippen molar-refractivity contribution in [1.29, 1.82) is 0 Å². The Morgan fingerprint density at radius 3 is 2.45 bits per heavy atom. The Balaban J connectivity index is 1.14. The normalized spacial score (nSPS) is 11.0. The highest BCUT2D eigenvalue weighted by Crippen LogP contribution is 2.28. The number of carbonyl (C=O) groups is 1. The highest BCUT2D eigenvalue weighted by atomic mass is 35.5. The minimum Gasteiger partial charge on any atom is -0.487 e. The summed E-state index contributed by atoms with van der Waals surface area (Å²) in [6.45, 7) is 2.47. The van der Waals surface area contributed by atoms with E-state index in [9.17, 15) is 4.79 Å². The van der Waals surface area contributed by atoms with Crippen LogP contribution in [0, 0.1) is 6.92 Å². The number of aryl methyl sites for hydroxylation is 1. The number of hydrazone groups is 1. The van der Waals surface area contributed by atoms with Crippen LogP contribution in [0.5, 0.6) is 5.75 Å². The molecule has 0 atom stereocenters. The molecule has 0 spiro atoms. The summed E-state index contributed by atoms with van der Waals surface area (Å²) in [5, 5.41) is 11.2. The van der Waals surface area contributed by atoms with E-state index < -0.39 is 0 Å². The molecule has 0 unspecified atom stereocenters. The van der Waals surface area contributed by atoms with Crippen LogP contribution in [0.15, 0.2) is 101 Å². The predicted molar refractivity (Wildman–Crippen MR) is 164 cm³/mol. The van der Waals surface area contributed by atoms with E-state index >= 15 is 0 Å².